The van der Waals surface area contributed by atoms with Crippen molar-refractivity contribution in [2.45, 2.75) is 37.8 Å². The minimum atomic E-state index is 0.119. The van der Waals surface area contributed by atoms with Crippen molar-refractivity contribution in [1.82, 2.24) is 0 Å². The molecule has 4 unspecified atom stereocenters. The Morgan fingerprint density at radius 3 is 1.57 bits per heavy atom. The summed E-state index contributed by atoms with van der Waals surface area (Å²) in [6.45, 7) is 6.85. The Kier molecular flexibility index (Phi) is 5.19. The summed E-state index contributed by atoms with van der Waals surface area (Å²) >= 11 is 0. The molecular formula is C20H26O8. The van der Waals surface area contributed by atoms with Gasteiger partial charge in [0, 0.05) is 5.56 Å². The highest BCUT2D eigenvalue weighted by Gasteiger charge is 2.32. The van der Waals surface area contributed by atoms with Crippen molar-refractivity contribution >= 4 is 0 Å². The third-order valence-electron chi connectivity index (χ3n) is 4.89. The quantitative estimate of drug-likeness (QED) is 0.464. The van der Waals surface area contributed by atoms with Gasteiger partial charge >= 0.3 is 0 Å². The summed E-state index contributed by atoms with van der Waals surface area (Å²) in [4.78, 5) is 0. The normalized spacial score (nSPS) is 29.2. The van der Waals surface area contributed by atoms with Gasteiger partial charge in [-0.25, -0.2) is 0 Å². The number of hydrogen-bond acceptors (Lipinski definition) is 8. The van der Waals surface area contributed by atoms with Gasteiger partial charge in [-0.05, 0) is 12.5 Å². The third kappa shape index (κ3) is 4.81. The fourth-order valence-corrected chi connectivity index (χ4v) is 2.81. The van der Waals surface area contributed by atoms with Gasteiger partial charge in [0.15, 0.2) is 11.5 Å². The van der Waals surface area contributed by atoms with Crippen LogP contribution in [0.4, 0.5) is 0 Å². The van der Waals surface area contributed by atoms with Crippen LogP contribution in [0.15, 0.2) is 6.07 Å². The SMILES string of the molecule is CCc1cc(OCC2CO2)c(OCC2CO2)c(OCC2CO2)c1OCC1CO1. The molecule has 5 rings (SSSR count). The fraction of sp³-hybridized carbons (Fsp3) is 0.700. The summed E-state index contributed by atoms with van der Waals surface area (Å²) in [5.74, 6) is 2.47. The first-order valence-corrected chi connectivity index (χ1v) is 9.97. The molecule has 0 N–H and O–H groups in total. The number of ether oxygens (including phenoxy) is 8. The fourth-order valence-electron chi connectivity index (χ4n) is 2.81. The second kappa shape index (κ2) is 7.94. The van der Waals surface area contributed by atoms with E-state index in [0.717, 1.165) is 25.2 Å². The van der Waals surface area contributed by atoms with Gasteiger partial charge in [0.1, 0.15) is 50.8 Å². The molecule has 4 aliphatic heterocycles. The van der Waals surface area contributed by atoms with Crippen LogP contribution in [0.3, 0.4) is 0 Å². The summed E-state index contributed by atoms with van der Waals surface area (Å²) in [6.07, 6.45) is 1.32. The van der Waals surface area contributed by atoms with Gasteiger partial charge < -0.3 is 37.9 Å². The Hall–Kier alpha value is -1.74. The van der Waals surface area contributed by atoms with Crippen molar-refractivity contribution in [3.63, 3.8) is 0 Å². The molecule has 4 heterocycles. The zero-order chi connectivity index (χ0) is 18.9. The van der Waals surface area contributed by atoms with Crippen LogP contribution in [-0.4, -0.2) is 77.3 Å². The summed E-state index contributed by atoms with van der Waals surface area (Å²) < 4.78 is 45.5. The number of aryl methyl sites for hydroxylation is 1. The molecular weight excluding hydrogens is 368 g/mol. The lowest BCUT2D eigenvalue weighted by atomic mass is 10.1. The van der Waals surface area contributed by atoms with Crippen LogP contribution in [0.1, 0.15) is 12.5 Å². The average Bonchev–Trinajstić information content (AvgIpc) is 3.57. The molecule has 0 amide bonds. The van der Waals surface area contributed by atoms with E-state index in [2.05, 4.69) is 6.92 Å². The molecule has 1 aromatic rings. The lowest BCUT2D eigenvalue weighted by Crippen LogP contribution is -2.14. The maximum atomic E-state index is 6.14. The molecule has 0 spiro atoms. The lowest BCUT2D eigenvalue weighted by molar-refractivity contribution is 0.195. The Bertz CT molecular complexity index is 692. The molecule has 0 aromatic heterocycles. The molecule has 0 bridgehead atoms. The van der Waals surface area contributed by atoms with Crippen LogP contribution in [0.25, 0.3) is 0 Å². The molecule has 8 nitrogen and oxygen atoms in total. The zero-order valence-corrected chi connectivity index (χ0v) is 16.0. The highest BCUT2D eigenvalue weighted by Crippen LogP contribution is 2.48. The Morgan fingerprint density at radius 2 is 1.11 bits per heavy atom. The molecule has 4 aliphatic rings. The van der Waals surface area contributed by atoms with Crippen molar-refractivity contribution in [1.29, 1.82) is 0 Å². The predicted octanol–water partition coefficient (Wildman–Crippen LogP) is 1.36. The smallest absolute Gasteiger partial charge is 0.207 e. The zero-order valence-electron chi connectivity index (χ0n) is 16.0. The van der Waals surface area contributed by atoms with Gasteiger partial charge in [-0.15, -0.1) is 0 Å². The Morgan fingerprint density at radius 1 is 0.679 bits per heavy atom. The van der Waals surface area contributed by atoms with E-state index in [-0.39, 0.29) is 24.4 Å². The van der Waals surface area contributed by atoms with E-state index in [1.54, 1.807) is 0 Å². The molecule has 8 heteroatoms. The van der Waals surface area contributed by atoms with E-state index in [0.29, 0.717) is 62.6 Å². The molecule has 0 aliphatic carbocycles. The molecule has 4 atom stereocenters. The van der Waals surface area contributed by atoms with Gasteiger partial charge in [0.2, 0.25) is 11.5 Å². The van der Waals surface area contributed by atoms with Crippen LogP contribution in [0, 0.1) is 0 Å². The summed E-state index contributed by atoms with van der Waals surface area (Å²) in [7, 11) is 0. The third-order valence-corrected chi connectivity index (χ3v) is 4.89. The van der Waals surface area contributed by atoms with Crippen LogP contribution in [-0.2, 0) is 25.4 Å². The average molecular weight is 394 g/mol. The van der Waals surface area contributed by atoms with Gasteiger partial charge in [0.05, 0.1) is 26.4 Å². The van der Waals surface area contributed by atoms with Crippen LogP contribution < -0.4 is 18.9 Å². The molecule has 154 valence electrons. The van der Waals surface area contributed by atoms with E-state index in [1.807, 2.05) is 6.07 Å². The van der Waals surface area contributed by atoms with Crippen molar-refractivity contribution in [3.05, 3.63) is 11.6 Å². The molecule has 4 saturated heterocycles. The van der Waals surface area contributed by atoms with Crippen molar-refractivity contribution in [2.75, 3.05) is 52.9 Å². The van der Waals surface area contributed by atoms with E-state index < -0.39 is 0 Å². The van der Waals surface area contributed by atoms with Crippen LogP contribution in [0.5, 0.6) is 23.0 Å². The predicted molar refractivity (Wildman–Crippen MR) is 96.8 cm³/mol. The minimum absolute atomic E-state index is 0.119. The van der Waals surface area contributed by atoms with Gasteiger partial charge in [-0.2, -0.15) is 0 Å². The maximum Gasteiger partial charge on any atom is 0.207 e. The molecule has 4 fully saturated rings. The molecule has 1 aromatic carbocycles. The molecule has 28 heavy (non-hydrogen) atoms. The summed E-state index contributed by atoms with van der Waals surface area (Å²) in [5, 5.41) is 0. The number of epoxide rings is 4. The highest BCUT2D eigenvalue weighted by atomic mass is 16.6. The van der Waals surface area contributed by atoms with E-state index in [4.69, 9.17) is 37.9 Å². The second-order valence-electron chi connectivity index (χ2n) is 7.44. The van der Waals surface area contributed by atoms with Crippen LogP contribution >= 0.6 is 0 Å². The standard InChI is InChI=1S/C20H26O8/c1-2-12-3-17(25-8-13-4-21-13)19(27-10-15-6-23-15)20(28-11-16-7-24-16)18(12)26-9-14-5-22-14/h3,13-16H,2,4-11H2,1H3. The first-order valence-electron chi connectivity index (χ1n) is 9.97. The molecule has 0 radical (unpaired) electrons. The highest BCUT2D eigenvalue weighted by molar-refractivity contribution is 5.63. The molecule has 0 saturated carbocycles. The van der Waals surface area contributed by atoms with Crippen molar-refractivity contribution in [3.8, 4) is 23.0 Å². The Balaban J connectivity index is 1.44. The number of benzene rings is 1. The van der Waals surface area contributed by atoms with E-state index in [9.17, 15) is 0 Å². The number of hydrogen-bond donors (Lipinski definition) is 0. The van der Waals surface area contributed by atoms with Gasteiger partial charge in [0.25, 0.3) is 0 Å². The van der Waals surface area contributed by atoms with E-state index in [1.165, 1.54) is 0 Å². The minimum Gasteiger partial charge on any atom is -0.487 e. The van der Waals surface area contributed by atoms with E-state index >= 15 is 0 Å². The largest absolute Gasteiger partial charge is 0.487 e. The van der Waals surface area contributed by atoms with Crippen LogP contribution in [0.2, 0.25) is 0 Å². The Labute approximate surface area is 163 Å². The summed E-state index contributed by atoms with van der Waals surface area (Å²) in [6, 6.07) is 1.98. The topological polar surface area (TPSA) is 87.0 Å². The lowest BCUT2D eigenvalue weighted by Gasteiger charge is -2.22. The first kappa shape index (κ1) is 18.3. The monoisotopic (exact) mass is 394 g/mol. The number of rotatable bonds is 13. The van der Waals surface area contributed by atoms with Gasteiger partial charge in [-0.3, -0.25) is 0 Å². The first-order chi connectivity index (χ1) is 13.8. The van der Waals surface area contributed by atoms with Crippen molar-refractivity contribution < 1.29 is 37.9 Å². The maximum absolute atomic E-state index is 6.14. The second-order valence-corrected chi connectivity index (χ2v) is 7.44. The van der Waals surface area contributed by atoms with Gasteiger partial charge in [-0.1, -0.05) is 6.92 Å². The summed E-state index contributed by atoms with van der Waals surface area (Å²) in [5.41, 5.74) is 1.01. The van der Waals surface area contributed by atoms with Crippen molar-refractivity contribution in [2.24, 2.45) is 0 Å².